The molecule has 25 heavy (non-hydrogen) atoms. The number of fused-ring (bicyclic) bond motifs is 1. The highest BCUT2D eigenvalue weighted by Gasteiger charge is 2.19. The summed E-state index contributed by atoms with van der Waals surface area (Å²) in [4.78, 5) is 27.8. The Bertz CT molecular complexity index is 825. The van der Waals surface area contributed by atoms with Crippen molar-refractivity contribution in [2.24, 2.45) is 0 Å². The molecule has 0 bridgehead atoms. The average Bonchev–Trinajstić information content (AvgIpc) is 2.87. The first-order valence-corrected chi connectivity index (χ1v) is 8.15. The number of hydrogen-bond acceptors (Lipinski definition) is 4. The summed E-state index contributed by atoms with van der Waals surface area (Å²) in [6.07, 6.45) is 3.79. The Morgan fingerprint density at radius 2 is 2.12 bits per heavy atom. The second-order valence-electron chi connectivity index (χ2n) is 7.03. The molecule has 6 nitrogen and oxygen atoms in total. The maximum absolute atomic E-state index is 12.4. The number of aromatic nitrogens is 1. The van der Waals surface area contributed by atoms with Gasteiger partial charge in [-0.1, -0.05) is 12.1 Å². The fourth-order valence-corrected chi connectivity index (χ4v) is 2.65. The van der Waals surface area contributed by atoms with Crippen LogP contribution in [-0.2, 0) is 22.4 Å². The fourth-order valence-electron chi connectivity index (χ4n) is 2.65. The molecule has 1 aromatic heterocycles. The summed E-state index contributed by atoms with van der Waals surface area (Å²) in [5.41, 5.74) is 2.74. The molecule has 0 saturated carbocycles. The number of nitrogens with zero attached hydrogens (tertiary/aromatic N) is 1. The Kier molecular flexibility index (Phi) is 4.44. The van der Waals surface area contributed by atoms with E-state index in [2.05, 4.69) is 15.6 Å². The average molecular weight is 339 g/mol. The Balaban J connectivity index is 1.70. The summed E-state index contributed by atoms with van der Waals surface area (Å²) >= 11 is 0. The lowest BCUT2D eigenvalue weighted by atomic mass is 10.1. The molecular formula is C19H21N3O3. The fraction of sp³-hybridized carbons (Fsp3) is 0.316. The monoisotopic (exact) mass is 339 g/mol. The van der Waals surface area contributed by atoms with Gasteiger partial charge in [-0.05, 0) is 38.0 Å². The van der Waals surface area contributed by atoms with Crippen molar-refractivity contribution in [3.8, 4) is 5.75 Å². The first kappa shape index (κ1) is 17.0. The van der Waals surface area contributed by atoms with Gasteiger partial charge < -0.3 is 15.4 Å². The van der Waals surface area contributed by atoms with Crippen LogP contribution in [0.3, 0.4) is 0 Å². The molecule has 0 spiro atoms. The second kappa shape index (κ2) is 6.55. The van der Waals surface area contributed by atoms with Crippen molar-refractivity contribution in [1.82, 2.24) is 4.98 Å². The van der Waals surface area contributed by atoms with Crippen molar-refractivity contribution >= 4 is 23.2 Å². The molecule has 6 heteroatoms. The normalized spacial score (nSPS) is 13.2. The van der Waals surface area contributed by atoms with Gasteiger partial charge in [0.2, 0.25) is 11.8 Å². The smallest absolute Gasteiger partial charge is 0.228 e. The Morgan fingerprint density at radius 3 is 2.88 bits per heavy atom. The zero-order chi connectivity index (χ0) is 18.0. The summed E-state index contributed by atoms with van der Waals surface area (Å²) in [5, 5.41) is 5.64. The predicted molar refractivity (Wildman–Crippen MR) is 95.7 cm³/mol. The van der Waals surface area contributed by atoms with Gasteiger partial charge in [0.1, 0.15) is 17.0 Å². The van der Waals surface area contributed by atoms with E-state index in [9.17, 15) is 9.59 Å². The minimum absolute atomic E-state index is 0.0177. The highest BCUT2D eigenvalue weighted by Crippen LogP contribution is 2.27. The molecule has 1 aliphatic heterocycles. The summed E-state index contributed by atoms with van der Waals surface area (Å²) in [5.74, 6) is 0.393. The number of anilines is 2. The summed E-state index contributed by atoms with van der Waals surface area (Å²) in [6.45, 7) is 5.83. The van der Waals surface area contributed by atoms with Crippen molar-refractivity contribution in [2.75, 3.05) is 10.6 Å². The molecule has 2 heterocycles. The Labute approximate surface area is 146 Å². The summed E-state index contributed by atoms with van der Waals surface area (Å²) in [6, 6.07) is 7.32. The predicted octanol–water partition coefficient (Wildman–Crippen LogP) is 2.93. The van der Waals surface area contributed by atoms with Gasteiger partial charge in [0.25, 0.3) is 0 Å². The number of carbonyl (C=O) groups excluding carboxylic acids is 2. The van der Waals surface area contributed by atoms with Gasteiger partial charge in [-0.15, -0.1) is 0 Å². The lowest BCUT2D eigenvalue weighted by Crippen LogP contribution is -2.24. The van der Waals surface area contributed by atoms with E-state index in [4.69, 9.17) is 4.74 Å². The van der Waals surface area contributed by atoms with E-state index in [0.29, 0.717) is 17.9 Å². The maximum atomic E-state index is 12.4. The molecular weight excluding hydrogens is 318 g/mol. The van der Waals surface area contributed by atoms with E-state index in [0.717, 1.165) is 16.8 Å². The minimum Gasteiger partial charge on any atom is -0.486 e. The summed E-state index contributed by atoms with van der Waals surface area (Å²) in [7, 11) is 0. The first-order chi connectivity index (χ1) is 11.8. The first-order valence-electron chi connectivity index (χ1n) is 8.15. The molecule has 0 aliphatic carbocycles. The zero-order valence-corrected chi connectivity index (χ0v) is 14.6. The van der Waals surface area contributed by atoms with Gasteiger partial charge in [0.05, 0.1) is 19.0 Å². The van der Waals surface area contributed by atoms with E-state index in [-0.39, 0.29) is 23.8 Å². The molecule has 0 radical (unpaired) electrons. The van der Waals surface area contributed by atoms with E-state index in [1.165, 1.54) is 0 Å². The highest BCUT2D eigenvalue weighted by molar-refractivity contribution is 5.99. The number of carbonyl (C=O) groups is 2. The number of amides is 2. The van der Waals surface area contributed by atoms with Crippen LogP contribution >= 0.6 is 0 Å². The molecule has 0 unspecified atom stereocenters. The number of ether oxygens (including phenoxy) is 1. The van der Waals surface area contributed by atoms with Gasteiger partial charge in [0, 0.05) is 18.0 Å². The van der Waals surface area contributed by atoms with Crippen LogP contribution in [0.5, 0.6) is 5.75 Å². The molecule has 0 fully saturated rings. The Morgan fingerprint density at radius 1 is 1.32 bits per heavy atom. The van der Waals surface area contributed by atoms with Crippen LogP contribution in [0, 0.1) is 0 Å². The van der Waals surface area contributed by atoms with Gasteiger partial charge in [-0.25, -0.2) is 0 Å². The van der Waals surface area contributed by atoms with Gasteiger partial charge in [-0.2, -0.15) is 0 Å². The maximum Gasteiger partial charge on any atom is 0.228 e. The molecule has 3 rings (SSSR count). The minimum atomic E-state index is -0.376. The van der Waals surface area contributed by atoms with E-state index in [1.54, 1.807) is 18.5 Å². The molecule has 2 aromatic rings. The van der Waals surface area contributed by atoms with Crippen LogP contribution in [0.15, 0.2) is 36.7 Å². The lowest BCUT2D eigenvalue weighted by Gasteiger charge is -2.23. The topological polar surface area (TPSA) is 80.3 Å². The highest BCUT2D eigenvalue weighted by atomic mass is 16.5. The van der Waals surface area contributed by atoms with Crippen LogP contribution in [-0.4, -0.2) is 22.4 Å². The number of benzene rings is 1. The van der Waals surface area contributed by atoms with E-state index >= 15 is 0 Å². The molecule has 0 saturated heterocycles. The third-order valence-electron chi connectivity index (χ3n) is 3.64. The second-order valence-corrected chi connectivity index (χ2v) is 7.03. The largest absolute Gasteiger partial charge is 0.486 e. The third-order valence-corrected chi connectivity index (χ3v) is 3.64. The molecule has 0 atom stereocenters. The Hall–Kier alpha value is -2.89. The van der Waals surface area contributed by atoms with E-state index < -0.39 is 0 Å². The SMILES string of the molecule is CC(C)(C)Oc1ccncc1NC(=O)Cc1ccc2c(c1)NC(=O)C2. The molecule has 130 valence electrons. The zero-order valence-electron chi connectivity index (χ0n) is 14.6. The quantitative estimate of drug-likeness (QED) is 0.897. The number of hydrogen-bond donors (Lipinski definition) is 2. The molecule has 1 aromatic carbocycles. The summed E-state index contributed by atoms with van der Waals surface area (Å²) < 4.78 is 5.85. The van der Waals surface area contributed by atoms with Gasteiger partial charge >= 0.3 is 0 Å². The lowest BCUT2D eigenvalue weighted by molar-refractivity contribution is -0.116. The van der Waals surface area contributed by atoms with Crippen molar-refractivity contribution < 1.29 is 14.3 Å². The number of nitrogens with one attached hydrogen (secondary N) is 2. The van der Waals surface area contributed by atoms with Gasteiger partial charge in [-0.3, -0.25) is 14.6 Å². The van der Waals surface area contributed by atoms with Crippen LogP contribution < -0.4 is 15.4 Å². The molecule has 2 amide bonds. The van der Waals surface area contributed by atoms with Crippen LogP contribution in [0.1, 0.15) is 31.9 Å². The number of pyridine rings is 1. The van der Waals surface area contributed by atoms with Crippen LogP contribution in [0.25, 0.3) is 0 Å². The van der Waals surface area contributed by atoms with Crippen LogP contribution in [0.4, 0.5) is 11.4 Å². The van der Waals surface area contributed by atoms with Crippen LogP contribution in [0.2, 0.25) is 0 Å². The third kappa shape index (κ3) is 4.35. The number of rotatable bonds is 4. The molecule has 1 aliphatic rings. The molecule has 2 N–H and O–H groups in total. The van der Waals surface area contributed by atoms with Crippen molar-refractivity contribution in [3.05, 3.63) is 47.8 Å². The van der Waals surface area contributed by atoms with Crippen molar-refractivity contribution in [2.45, 2.75) is 39.2 Å². The van der Waals surface area contributed by atoms with Crippen molar-refractivity contribution in [3.63, 3.8) is 0 Å². The van der Waals surface area contributed by atoms with Gasteiger partial charge in [0.15, 0.2) is 0 Å². The van der Waals surface area contributed by atoms with Crippen molar-refractivity contribution in [1.29, 1.82) is 0 Å². The standard InChI is InChI=1S/C19H21N3O3/c1-19(2,3)25-16-6-7-20-11-15(16)22-17(23)9-12-4-5-13-10-18(24)21-14(13)8-12/h4-8,11H,9-10H2,1-3H3,(H,21,24)(H,22,23). The van der Waals surface area contributed by atoms with E-state index in [1.807, 2.05) is 39.0 Å².